The summed E-state index contributed by atoms with van der Waals surface area (Å²) < 4.78 is 0. The van der Waals surface area contributed by atoms with E-state index in [0.717, 1.165) is 12.5 Å². The minimum atomic E-state index is 0.707. The van der Waals surface area contributed by atoms with E-state index in [4.69, 9.17) is 0 Å². The van der Waals surface area contributed by atoms with Crippen LogP contribution in [0.25, 0.3) is 0 Å². The topological polar surface area (TPSA) is 15.3 Å². The molecule has 1 N–H and O–H groups in total. The summed E-state index contributed by atoms with van der Waals surface area (Å²) in [5.74, 6) is 0.884. The molecule has 2 heterocycles. The molecule has 1 aromatic carbocycles. The third-order valence-corrected chi connectivity index (χ3v) is 3.97. The molecule has 0 spiro atoms. The molecule has 86 valence electrons. The van der Waals surface area contributed by atoms with E-state index in [1.807, 2.05) is 0 Å². The first-order chi connectivity index (χ1) is 7.74. The van der Waals surface area contributed by atoms with Crippen molar-refractivity contribution in [1.29, 1.82) is 0 Å². The predicted octanol–water partition coefficient (Wildman–Crippen LogP) is 3.03. The van der Waals surface area contributed by atoms with Gasteiger partial charge in [0.25, 0.3) is 0 Å². The van der Waals surface area contributed by atoms with Gasteiger partial charge in [0, 0.05) is 19.1 Å². The van der Waals surface area contributed by atoms with Crippen LogP contribution < -0.4 is 10.2 Å². The number of nitrogens with zero attached hydrogens (tertiary/aromatic N) is 1. The molecule has 1 aromatic rings. The highest BCUT2D eigenvalue weighted by Crippen LogP contribution is 2.37. The molecule has 2 unspecified atom stereocenters. The first-order valence-electron chi connectivity index (χ1n) is 6.35. The number of anilines is 2. The molecule has 3 rings (SSSR count). The fourth-order valence-electron chi connectivity index (χ4n) is 3.02. The Kier molecular flexibility index (Phi) is 2.31. The fraction of sp³-hybridized carbons (Fsp3) is 0.571. The maximum Gasteiger partial charge on any atom is 0.0607 e. The van der Waals surface area contributed by atoms with E-state index in [1.165, 1.54) is 36.3 Å². The third kappa shape index (κ3) is 1.57. The van der Waals surface area contributed by atoms with Crippen molar-refractivity contribution >= 4 is 11.4 Å². The largest absolute Gasteiger partial charge is 0.381 e. The second kappa shape index (κ2) is 3.69. The highest BCUT2D eigenvalue weighted by Gasteiger charge is 2.30. The van der Waals surface area contributed by atoms with Crippen LogP contribution in [0.15, 0.2) is 18.2 Å². The molecule has 0 saturated carbocycles. The van der Waals surface area contributed by atoms with Crippen molar-refractivity contribution in [2.75, 3.05) is 23.3 Å². The van der Waals surface area contributed by atoms with E-state index in [2.05, 4.69) is 42.3 Å². The minimum absolute atomic E-state index is 0.707. The number of fused-ring (bicyclic) bond motifs is 3. The highest BCUT2D eigenvalue weighted by atomic mass is 15.2. The Bertz CT molecular complexity index is 400. The molecular weight excluding hydrogens is 196 g/mol. The molecule has 2 aliphatic rings. The predicted molar refractivity (Wildman–Crippen MR) is 69.2 cm³/mol. The van der Waals surface area contributed by atoms with E-state index in [-0.39, 0.29) is 0 Å². The zero-order valence-corrected chi connectivity index (χ0v) is 10.2. The van der Waals surface area contributed by atoms with Crippen LogP contribution in [-0.2, 0) is 0 Å². The van der Waals surface area contributed by atoms with Crippen LogP contribution in [-0.4, -0.2) is 19.1 Å². The molecule has 16 heavy (non-hydrogen) atoms. The quantitative estimate of drug-likeness (QED) is 0.717. The summed E-state index contributed by atoms with van der Waals surface area (Å²) in [7, 11) is 0. The summed E-state index contributed by atoms with van der Waals surface area (Å²) in [6.07, 6.45) is 2.67. The van der Waals surface area contributed by atoms with Gasteiger partial charge in [0.2, 0.25) is 0 Å². The molecular formula is C14H20N2. The summed E-state index contributed by atoms with van der Waals surface area (Å²) >= 11 is 0. The summed E-state index contributed by atoms with van der Waals surface area (Å²) in [5, 5.41) is 3.57. The lowest BCUT2D eigenvalue weighted by molar-refractivity contribution is 0.367. The Morgan fingerprint density at radius 1 is 1.38 bits per heavy atom. The Labute approximate surface area is 97.6 Å². The molecule has 2 heteroatoms. The minimum Gasteiger partial charge on any atom is -0.381 e. The van der Waals surface area contributed by atoms with Crippen LogP contribution in [0.1, 0.15) is 25.3 Å². The lowest BCUT2D eigenvalue weighted by Gasteiger charge is -2.44. The van der Waals surface area contributed by atoms with Crippen LogP contribution >= 0.6 is 0 Å². The molecule has 0 bridgehead atoms. The lowest BCUT2D eigenvalue weighted by atomic mass is 9.90. The van der Waals surface area contributed by atoms with Crippen LogP contribution in [0.4, 0.5) is 11.4 Å². The van der Waals surface area contributed by atoms with Crippen molar-refractivity contribution in [1.82, 2.24) is 0 Å². The number of hydrogen-bond acceptors (Lipinski definition) is 2. The second-order valence-corrected chi connectivity index (χ2v) is 5.38. The standard InChI is InChI=1S/C14H20N2/c1-10-3-4-13-14(8-10)16-6-5-11(2)7-12(16)9-15-13/h3-4,8,11-12,15H,5-7,9H2,1-2H3. The van der Waals surface area contributed by atoms with Crippen LogP contribution in [0, 0.1) is 12.8 Å². The number of nitrogens with one attached hydrogen (secondary N) is 1. The van der Waals surface area contributed by atoms with Gasteiger partial charge in [0.15, 0.2) is 0 Å². The second-order valence-electron chi connectivity index (χ2n) is 5.38. The van der Waals surface area contributed by atoms with Crippen LogP contribution in [0.5, 0.6) is 0 Å². The number of aryl methyl sites for hydroxylation is 1. The molecule has 0 radical (unpaired) electrons. The molecule has 2 aliphatic heterocycles. The number of rotatable bonds is 0. The van der Waals surface area contributed by atoms with Crippen LogP contribution in [0.2, 0.25) is 0 Å². The number of hydrogen-bond donors (Lipinski definition) is 1. The SMILES string of the molecule is Cc1ccc2c(c1)N1CCC(C)CC1CN2. The summed E-state index contributed by atoms with van der Waals surface area (Å²) in [6.45, 7) is 6.89. The van der Waals surface area contributed by atoms with Crippen molar-refractivity contribution in [3.05, 3.63) is 23.8 Å². The van der Waals surface area contributed by atoms with E-state index in [1.54, 1.807) is 0 Å². The van der Waals surface area contributed by atoms with E-state index < -0.39 is 0 Å². The Morgan fingerprint density at radius 3 is 3.12 bits per heavy atom. The van der Waals surface area contributed by atoms with E-state index in [9.17, 15) is 0 Å². The number of benzene rings is 1. The molecule has 0 aromatic heterocycles. The van der Waals surface area contributed by atoms with Gasteiger partial charge >= 0.3 is 0 Å². The van der Waals surface area contributed by atoms with Gasteiger partial charge < -0.3 is 10.2 Å². The van der Waals surface area contributed by atoms with Gasteiger partial charge in [0.1, 0.15) is 0 Å². The molecule has 1 fully saturated rings. The smallest absolute Gasteiger partial charge is 0.0607 e. The van der Waals surface area contributed by atoms with Crippen molar-refractivity contribution in [2.24, 2.45) is 5.92 Å². The normalized spacial score (nSPS) is 28.0. The molecule has 2 nitrogen and oxygen atoms in total. The highest BCUT2D eigenvalue weighted by molar-refractivity contribution is 5.73. The summed E-state index contributed by atoms with van der Waals surface area (Å²) in [4.78, 5) is 2.61. The van der Waals surface area contributed by atoms with Gasteiger partial charge in [-0.15, -0.1) is 0 Å². The van der Waals surface area contributed by atoms with Crippen molar-refractivity contribution in [2.45, 2.75) is 32.7 Å². The average Bonchev–Trinajstić information content (AvgIpc) is 2.28. The maximum absolute atomic E-state index is 3.57. The fourth-order valence-corrected chi connectivity index (χ4v) is 3.02. The monoisotopic (exact) mass is 216 g/mol. The van der Waals surface area contributed by atoms with Gasteiger partial charge in [-0.2, -0.15) is 0 Å². The van der Waals surface area contributed by atoms with E-state index in [0.29, 0.717) is 6.04 Å². The first-order valence-corrected chi connectivity index (χ1v) is 6.35. The van der Waals surface area contributed by atoms with Gasteiger partial charge in [0.05, 0.1) is 11.4 Å². The zero-order chi connectivity index (χ0) is 11.1. The Morgan fingerprint density at radius 2 is 2.25 bits per heavy atom. The summed E-state index contributed by atoms with van der Waals surface area (Å²) in [5.41, 5.74) is 4.10. The first kappa shape index (κ1) is 10.0. The Hall–Kier alpha value is -1.18. The molecule has 0 aliphatic carbocycles. The van der Waals surface area contributed by atoms with Gasteiger partial charge in [-0.05, 0) is 43.4 Å². The van der Waals surface area contributed by atoms with Crippen LogP contribution in [0.3, 0.4) is 0 Å². The van der Waals surface area contributed by atoms with Crippen molar-refractivity contribution in [3.63, 3.8) is 0 Å². The molecule has 0 amide bonds. The third-order valence-electron chi connectivity index (χ3n) is 3.97. The zero-order valence-electron chi connectivity index (χ0n) is 10.2. The summed E-state index contributed by atoms with van der Waals surface area (Å²) in [6, 6.07) is 7.44. The molecule has 2 atom stereocenters. The average molecular weight is 216 g/mol. The van der Waals surface area contributed by atoms with Crippen molar-refractivity contribution in [3.8, 4) is 0 Å². The van der Waals surface area contributed by atoms with Gasteiger partial charge in [-0.3, -0.25) is 0 Å². The molecule has 1 saturated heterocycles. The van der Waals surface area contributed by atoms with E-state index >= 15 is 0 Å². The van der Waals surface area contributed by atoms with Gasteiger partial charge in [-0.25, -0.2) is 0 Å². The van der Waals surface area contributed by atoms with Crippen molar-refractivity contribution < 1.29 is 0 Å². The number of piperidine rings is 1. The Balaban J connectivity index is 1.96. The lowest BCUT2D eigenvalue weighted by Crippen LogP contribution is -2.48. The van der Waals surface area contributed by atoms with Gasteiger partial charge in [-0.1, -0.05) is 13.0 Å². The maximum atomic E-state index is 3.57.